The molecule has 27 heavy (non-hydrogen) atoms. The second-order valence-corrected chi connectivity index (χ2v) is 5.99. The molecule has 0 fully saturated rings. The number of nitrogens with one attached hydrogen (secondary N) is 1. The maximum absolute atomic E-state index is 12.3. The number of nitrogens with zero attached hydrogens (tertiary/aromatic N) is 1. The first-order valence-corrected chi connectivity index (χ1v) is 8.88. The van der Waals surface area contributed by atoms with E-state index in [0.717, 1.165) is 5.56 Å². The lowest BCUT2D eigenvalue weighted by atomic mass is 10.1. The fourth-order valence-electron chi connectivity index (χ4n) is 2.76. The average Bonchev–Trinajstić information content (AvgIpc) is 3.15. The largest absolute Gasteiger partial charge is 0.454 e. The van der Waals surface area contributed by atoms with E-state index in [2.05, 4.69) is 5.32 Å². The van der Waals surface area contributed by atoms with Gasteiger partial charge in [0, 0.05) is 30.4 Å². The van der Waals surface area contributed by atoms with Crippen LogP contribution in [0.5, 0.6) is 11.5 Å². The molecule has 140 valence electrons. The van der Waals surface area contributed by atoms with E-state index in [0.29, 0.717) is 35.8 Å². The Morgan fingerprint density at radius 3 is 2.44 bits per heavy atom. The number of fused-ring (bicyclic) bond motifs is 1. The summed E-state index contributed by atoms with van der Waals surface area (Å²) in [5.41, 5.74) is 2.08. The molecule has 0 atom stereocenters. The van der Waals surface area contributed by atoms with Gasteiger partial charge in [-0.2, -0.15) is 0 Å². The number of benzene rings is 2. The monoisotopic (exact) mass is 366 g/mol. The molecule has 1 aliphatic rings. The molecule has 1 N–H and O–H groups in total. The van der Waals surface area contributed by atoms with Crippen LogP contribution in [0.4, 0.5) is 5.69 Å². The van der Waals surface area contributed by atoms with Crippen LogP contribution in [0, 0.1) is 0 Å². The molecule has 0 saturated carbocycles. The van der Waals surface area contributed by atoms with Gasteiger partial charge in [0.05, 0.1) is 0 Å². The van der Waals surface area contributed by atoms with E-state index in [1.165, 1.54) is 6.08 Å². The van der Waals surface area contributed by atoms with Crippen molar-refractivity contribution in [2.45, 2.75) is 13.8 Å². The predicted molar refractivity (Wildman–Crippen MR) is 104 cm³/mol. The minimum absolute atomic E-state index is 0.0134. The van der Waals surface area contributed by atoms with Crippen molar-refractivity contribution in [1.82, 2.24) is 4.90 Å². The normalized spacial score (nSPS) is 12.2. The van der Waals surface area contributed by atoms with E-state index in [4.69, 9.17) is 9.47 Å². The maximum Gasteiger partial charge on any atom is 0.253 e. The highest BCUT2D eigenvalue weighted by molar-refractivity contribution is 6.02. The van der Waals surface area contributed by atoms with E-state index < -0.39 is 0 Å². The molecular formula is C21H22N2O4. The standard InChI is InChI=1S/C21H22N2O4/c1-3-23(4-2)21(25)16-7-9-17(10-8-16)22-20(24)12-6-15-5-11-18-19(13-15)27-14-26-18/h5-13H,3-4,14H2,1-2H3,(H,22,24)/b12-6+. The molecule has 3 rings (SSSR count). The predicted octanol–water partition coefficient (Wildman–Crippen LogP) is 3.55. The van der Waals surface area contributed by atoms with Crippen LogP contribution >= 0.6 is 0 Å². The molecule has 0 radical (unpaired) electrons. The summed E-state index contributed by atoms with van der Waals surface area (Å²) in [6.07, 6.45) is 3.15. The summed E-state index contributed by atoms with van der Waals surface area (Å²) < 4.78 is 10.6. The van der Waals surface area contributed by atoms with Crippen molar-refractivity contribution < 1.29 is 19.1 Å². The molecule has 6 heteroatoms. The Kier molecular flexibility index (Phi) is 5.76. The molecule has 0 saturated heterocycles. The SMILES string of the molecule is CCN(CC)C(=O)c1ccc(NC(=O)/C=C/c2ccc3c(c2)OCO3)cc1. The Hall–Kier alpha value is -3.28. The van der Waals surface area contributed by atoms with Crippen molar-refractivity contribution in [2.75, 3.05) is 25.2 Å². The lowest BCUT2D eigenvalue weighted by Gasteiger charge is -2.18. The zero-order valence-electron chi connectivity index (χ0n) is 15.4. The van der Waals surface area contributed by atoms with Crippen LogP contribution in [0.1, 0.15) is 29.8 Å². The number of amides is 2. The summed E-state index contributed by atoms with van der Waals surface area (Å²) in [6.45, 7) is 5.44. The van der Waals surface area contributed by atoms with Gasteiger partial charge >= 0.3 is 0 Å². The van der Waals surface area contributed by atoms with E-state index in [1.54, 1.807) is 35.2 Å². The summed E-state index contributed by atoms with van der Waals surface area (Å²) in [5.74, 6) is 1.11. The molecule has 0 aliphatic carbocycles. The molecule has 2 aromatic carbocycles. The van der Waals surface area contributed by atoms with Crippen LogP contribution in [0.15, 0.2) is 48.5 Å². The first-order chi connectivity index (χ1) is 13.1. The number of hydrogen-bond acceptors (Lipinski definition) is 4. The van der Waals surface area contributed by atoms with Crippen LogP contribution in [0.3, 0.4) is 0 Å². The van der Waals surface area contributed by atoms with Gasteiger partial charge in [-0.1, -0.05) is 6.07 Å². The second-order valence-electron chi connectivity index (χ2n) is 5.99. The Morgan fingerprint density at radius 2 is 1.74 bits per heavy atom. The van der Waals surface area contributed by atoms with Crippen LogP contribution < -0.4 is 14.8 Å². The van der Waals surface area contributed by atoms with Crippen molar-refractivity contribution in [3.05, 3.63) is 59.7 Å². The van der Waals surface area contributed by atoms with Gasteiger partial charge in [-0.25, -0.2) is 0 Å². The fourth-order valence-corrected chi connectivity index (χ4v) is 2.76. The molecule has 0 bridgehead atoms. The zero-order chi connectivity index (χ0) is 19.2. The number of rotatable bonds is 6. The van der Waals surface area contributed by atoms with Crippen molar-refractivity contribution in [2.24, 2.45) is 0 Å². The van der Waals surface area contributed by atoms with Crippen molar-refractivity contribution in [1.29, 1.82) is 0 Å². The second kappa shape index (κ2) is 8.40. The minimum Gasteiger partial charge on any atom is -0.454 e. The quantitative estimate of drug-likeness (QED) is 0.794. The summed E-state index contributed by atoms with van der Waals surface area (Å²) in [6, 6.07) is 12.4. The van der Waals surface area contributed by atoms with Gasteiger partial charge in [0.25, 0.3) is 5.91 Å². The molecule has 0 spiro atoms. The summed E-state index contributed by atoms with van der Waals surface area (Å²) in [4.78, 5) is 26.2. The average molecular weight is 366 g/mol. The fraction of sp³-hybridized carbons (Fsp3) is 0.238. The number of carbonyl (C=O) groups excluding carboxylic acids is 2. The highest BCUT2D eigenvalue weighted by Crippen LogP contribution is 2.32. The van der Waals surface area contributed by atoms with Crippen LogP contribution in [0.25, 0.3) is 6.08 Å². The number of anilines is 1. The van der Waals surface area contributed by atoms with Gasteiger partial charge < -0.3 is 19.7 Å². The first kappa shape index (κ1) is 18.5. The third kappa shape index (κ3) is 4.47. The molecule has 0 unspecified atom stereocenters. The van der Waals surface area contributed by atoms with Gasteiger partial charge in [0.1, 0.15) is 0 Å². The highest BCUT2D eigenvalue weighted by atomic mass is 16.7. The number of carbonyl (C=O) groups is 2. The molecule has 2 amide bonds. The maximum atomic E-state index is 12.3. The van der Waals surface area contributed by atoms with Gasteiger partial charge in [-0.05, 0) is 61.9 Å². The smallest absolute Gasteiger partial charge is 0.253 e. The lowest BCUT2D eigenvalue weighted by Crippen LogP contribution is -2.30. The number of hydrogen-bond donors (Lipinski definition) is 1. The van der Waals surface area contributed by atoms with Gasteiger partial charge in [0.2, 0.25) is 12.7 Å². The third-order valence-corrected chi connectivity index (χ3v) is 4.27. The molecule has 1 aliphatic heterocycles. The number of ether oxygens (including phenoxy) is 2. The molecule has 1 heterocycles. The van der Waals surface area contributed by atoms with E-state index in [9.17, 15) is 9.59 Å². The summed E-state index contributed by atoms with van der Waals surface area (Å²) >= 11 is 0. The third-order valence-electron chi connectivity index (χ3n) is 4.27. The van der Waals surface area contributed by atoms with Gasteiger partial charge in [0.15, 0.2) is 11.5 Å². The van der Waals surface area contributed by atoms with Gasteiger partial charge in [-0.3, -0.25) is 9.59 Å². The topological polar surface area (TPSA) is 67.9 Å². The molecule has 0 aromatic heterocycles. The minimum atomic E-state index is -0.254. The van der Waals surface area contributed by atoms with Gasteiger partial charge in [-0.15, -0.1) is 0 Å². The molecule has 2 aromatic rings. The van der Waals surface area contributed by atoms with E-state index in [1.807, 2.05) is 32.0 Å². The highest BCUT2D eigenvalue weighted by Gasteiger charge is 2.13. The summed E-state index contributed by atoms with van der Waals surface area (Å²) in [5, 5.41) is 2.78. The Labute approximate surface area is 158 Å². The molecular weight excluding hydrogens is 344 g/mol. The van der Waals surface area contributed by atoms with E-state index in [-0.39, 0.29) is 18.6 Å². The summed E-state index contributed by atoms with van der Waals surface area (Å²) in [7, 11) is 0. The van der Waals surface area contributed by atoms with Crippen LogP contribution in [-0.4, -0.2) is 36.6 Å². The van der Waals surface area contributed by atoms with Crippen LogP contribution in [0.2, 0.25) is 0 Å². The first-order valence-electron chi connectivity index (χ1n) is 8.88. The Balaban J connectivity index is 1.60. The Morgan fingerprint density at radius 1 is 1.04 bits per heavy atom. The van der Waals surface area contributed by atoms with Crippen molar-refractivity contribution in [3.8, 4) is 11.5 Å². The van der Waals surface area contributed by atoms with Crippen molar-refractivity contribution >= 4 is 23.6 Å². The van der Waals surface area contributed by atoms with E-state index >= 15 is 0 Å². The Bertz CT molecular complexity index is 855. The molecule has 6 nitrogen and oxygen atoms in total. The lowest BCUT2D eigenvalue weighted by molar-refractivity contribution is -0.111. The van der Waals surface area contributed by atoms with Crippen molar-refractivity contribution in [3.63, 3.8) is 0 Å². The van der Waals surface area contributed by atoms with Crippen LogP contribution in [-0.2, 0) is 4.79 Å². The zero-order valence-corrected chi connectivity index (χ0v) is 15.4.